The molecule has 1 aromatic rings. The van der Waals surface area contributed by atoms with Crippen LogP contribution in [-0.4, -0.2) is 40.1 Å². The quantitative estimate of drug-likeness (QED) is 0.593. The largest absolute Gasteiger partial charge is 0.370 e. The first-order chi connectivity index (χ1) is 13.5. The maximum Gasteiger partial charge on any atom is 0.291 e. The third-order valence-corrected chi connectivity index (χ3v) is 6.23. The summed E-state index contributed by atoms with van der Waals surface area (Å²) in [7, 11) is 0. The predicted octanol–water partition coefficient (Wildman–Crippen LogP) is -0.416. The van der Waals surface area contributed by atoms with Crippen molar-refractivity contribution >= 4 is 29.3 Å². The van der Waals surface area contributed by atoms with Crippen molar-refractivity contribution < 1.29 is 28.9 Å². The van der Waals surface area contributed by atoms with Crippen molar-refractivity contribution in [3.05, 3.63) is 29.6 Å². The van der Waals surface area contributed by atoms with Gasteiger partial charge in [0.2, 0.25) is 23.3 Å². The number of fused-ring (bicyclic) bond motifs is 4. The molecule has 0 bridgehead atoms. The fraction of sp³-hybridized carbons (Fsp3) is 0.500. The second-order valence-corrected chi connectivity index (χ2v) is 9.03. The van der Waals surface area contributed by atoms with E-state index in [1.54, 1.807) is 26.1 Å². The van der Waals surface area contributed by atoms with E-state index in [4.69, 9.17) is 5.73 Å². The Balaban J connectivity index is 1.88. The van der Waals surface area contributed by atoms with Gasteiger partial charge in [-0.3, -0.25) is 24.1 Å². The fourth-order valence-electron chi connectivity index (χ4n) is 5.17. The molecule has 3 aliphatic heterocycles. The molecule has 9 heteroatoms. The molecule has 0 aliphatic carbocycles. The summed E-state index contributed by atoms with van der Waals surface area (Å²) in [5.74, 6) is -4.09. The number of halogens is 1. The minimum atomic E-state index is -1.45. The molecule has 1 aromatic carbocycles. The van der Waals surface area contributed by atoms with E-state index in [9.17, 15) is 23.6 Å². The van der Waals surface area contributed by atoms with Gasteiger partial charge in [0.15, 0.2) is 0 Å². The van der Waals surface area contributed by atoms with Crippen molar-refractivity contribution in [3.8, 4) is 0 Å². The van der Waals surface area contributed by atoms with Crippen LogP contribution in [0.15, 0.2) is 18.2 Å². The van der Waals surface area contributed by atoms with E-state index in [2.05, 4.69) is 5.32 Å². The van der Waals surface area contributed by atoms with Gasteiger partial charge in [-0.25, -0.2) is 4.39 Å². The number of primary amides is 1. The number of imide groups is 1. The molecule has 2 saturated heterocycles. The molecule has 0 unspecified atom stereocenters. The molecular weight excluding hydrogens is 379 g/mol. The number of nitrogens with zero attached hydrogens (tertiary/aromatic N) is 1. The Labute approximate surface area is 167 Å². The third-order valence-electron chi connectivity index (χ3n) is 6.23. The normalized spacial score (nSPS) is 30.7. The van der Waals surface area contributed by atoms with Crippen LogP contribution in [0.1, 0.15) is 39.2 Å². The maximum absolute atomic E-state index is 14.1. The van der Waals surface area contributed by atoms with Gasteiger partial charge < -0.3 is 16.4 Å². The summed E-state index contributed by atoms with van der Waals surface area (Å²) in [6.07, 6.45) is 0.266. The molecule has 154 valence electrons. The molecule has 4 amide bonds. The highest BCUT2D eigenvalue weighted by Crippen LogP contribution is 2.50. The third kappa shape index (κ3) is 2.60. The van der Waals surface area contributed by atoms with E-state index in [0.29, 0.717) is 11.3 Å². The summed E-state index contributed by atoms with van der Waals surface area (Å²) in [5, 5.41) is 4.40. The number of nitrogens with one attached hydrogen (secondary N) is 1. The lowest BCUT2D eigenvalue weighted by molar-refractivity contribution is -0.734. The highest BCUT2D eigenvalue weighted by atomic mass is 19.1. The summed E-state index contributed by atoms with van der Waals surface area (Å²) in [4.78, 5) is 52.5. The number of carbonyl (C=O) groups is 4. The van der Waals surface area contributed by atoms with Gasteiger partial charge in [0.1, 0.15) is 23.7 Å². The molecule has 5 N–H and O–H groups in total. The summed E-state index contributed by atoms with van der Waals surface area (Å²) < 4.78 is 14.1. The highest BCUT2D eigenvalue weighted by molar-refractivity contribution is 6.14. The van der Waals surface area contributed by atoms with E-state index < -0.39 is 52.5 Å². The number of amides is 4. The average Bonchev–Trinajstić information content (AvgIpc) is 3.18. The Morgan fingerprint density at radius 2 is 1.97 bits per heavy atom. The Morgan fingerprint density at radius 1 is 1.28 bits per heavy atom. The number of nitrogens with two attached hydrogens (primary N) is 2. The molecule has 0 saturated carbocycles. The number of hydrogen-bond acceptors (Lipinski definition) is 4. The van der Waals surface area contributed by atoms with Gasteiger partial charge >= 0.3 is 0 Å². The molecule has 3 aliphatic rings. The Bertz CT molecular complexity index is 956. The van der Waals surface area contributed by atoms with Crippen LogP contribution in [0, 0.1) is 17.7 Å². The minimum Gasteiger partial charge on any atom is -0.370 e. The minimum absolute atomic E-state index is 0.0229. The highest BCUT2D eigenvalue weighted by Gasteiger charge is 2.74. The van der Waals surface area contributed by atoms with E-state index in [0.717, 1.165) is 0 Å². The van der Waals surface area contributed by atoms with Gasteiger partial charge in [0.05, 0.1) is 5.69 Å². The van der Waals surface area contributed by atoms with Crippen LogP contribution in [0.25, 0.3) is 0 Å². The summed E-state index contributed by atoms with van der Waals surface area (Å²) in [5.41, 5.74) is 3.86. The molecule has 8 nitrogen and oxygen atoms in total. The van der Waals surface area contributed by atoms with E-state index in [1.165, 1.54) is 23.1 Å². The van der Waals surface area contributed by atoms with E-state index >= 15 is 0 Å². The number of anilines is 1. The number of hydrogen-bond donors (Lipinski definition) is 3. The van der Waals surface area contributed by atoms with Crippen molar-refractivity contribution in [2.45, 2.75) is 50.7 Å². The van der Waals surface area contributed by atoms with Gasteiger partial charge in [-0.2, -0.15) is 0 Å². The van der Waals surface area contributed by atoms with Gasteiger partial charge in [0.25, 0.3) is 5.91 Å². The molecule has 4 atom stereocenters. The molecule has 1 spiro atoms. The Morgan fingerprint density at radius 3 is 2.59 bits per heavy atom. The van der Waals surface area contributed by atoms with Crippen molar-refractivity contribution in [2.24, 2.45) is 17.6 Å². The Hall–Kier alpha value is -2.81. The Kier molecular flexibility index (Phi) is 4.10. The second kappa shape index (κ2) is 6.09. The first-order valence-corrected chi connectivity index (χ1v) is 9.62. The number of benzene rings is 1. The smallest absolute Gasteiger partial charge is 0.291 e. The fourth-order valence-corrected chi connectivity index (χ4v) is 5.17. The lowest BCUT2D eigenvalue weighted by Gasteiger charge is -2.33. The second-order valence-electron chi connectivity index (χ2n) is 9.03. The molecular formula is C20H24FN4O4+. The molecule has 3 heterocycles. The summed E-state index contributed by atoms with van der Waals surface area (Å²) in [6, 6.07) is 3.43. The van der Waals surface area contributed by atoms with Gasteiger partial charge in [-0.05, 0) is 39.0 Å². The predicted molar refractivity (Wildman–Crippen MR) is 99.4 cm³/mol. The zero-order valence-electron chi connectivity index (χ0n) is 16.5. The summed E-state index contributed by atoms with van der Waals surface area (Å²) >= 11 is 0. The van der Waals surface area contributed by atoms with Crippen molar-refractivity contribution in [3.63, 3.8) is 0 Å². The maximum atomic E-state index is 14.1. The molecule has 2 fully saturated rings. The number of rotatable bonds is 3. The van der Waals surface area contributed by atoms with Crippen LogP contribution in [0.3, 0.4) is 0 Å². The number of likely N-dealkylation sites (tertiary alicyclic amines) is 1. The molecule has 29 heavy (non-hydrogen) atoms. The lowest BCUT2D eigenvalue weighted by Crippen LogP contribution is -2.99. The molecule has 0 radical (unpaired) electrons. The lowest BCUT2D eigenvalue weighted by atomic mass is 9.76. The zero-order valence-corrected chi connectivity index (χ0v) is 16.5. The molecule has 4 rings (SSSR count). The van der Waals surface area contributed by atoms with Crippen molar-refractivity contribution in [2.75, 3.05) is 5.32 Å². The standard InChI is InChI=1S/C20H23FN4O4/c1-19(2,3)25-16(27)14-12(6-7-13(22)26)24-20(15(14)17(25)28)10-8-9(21)4-5-11(10)23-18(20)29/h4-5,8,12,14-15,24H,6-7H2,1-3H3,(H2,22,26)(H,23,29)/p+1/t12-,14+,15-,20+/m0/s1. The molecule has 0 aromatic heterocycles. The number of quaternary nitrogens is 1. The van der Waals surface area contributed by atoms with Gasteiger partial charge in [-0.15, -0.1) is 0 Å². The van der Waals surface area contributed by atoms with Crippen LogP contribution in [0.5, 0.6) is 0 Å². The first kappa shape index (κ1) is 19.5. The SMILES string of the molecule is CC(C)(C)N1C(=O)[C@@H]2[C@H](CCC(N)=O)[NH2+][C@@]3(C(=O)Nc4ccc(F)cc43)[C@@H]2C1=O. The zero-order chi connectivity index (χ0) is 21.3. The number of carbonyl (C=O) groups excluding carboxylic acids is 4. The van der Waals surface area contributed by atoms with Crippen molar-refractivity contribution in [1.82, 2.24) is 4.90 Å². The van der Waals surface area contributed by atoms with Crippen molar-refractivity contribution in [1.29, 1.82) is 0 Å². The van der Waals surface area contributed by atoms with Crippen LogP contribution in [0.2, 0.25) is 0 Å². The first-order valence-electron chi connectivity index (χ1n) is 9.62. The van der Waals surface area contributed by atoms with Gasteiger partial charge in [0, 0.05) is 23.9 Å². The van der Waals surface area contributed by atoms with Crippen LogP contribution in [-0.2, 0) is 24.7 Å². The summed E-state index contributed by atoms with van der Waals surface area (Å²) in [6.45, 7) is 5.25. The van der Waals surface area contributed by atoms with E-state index in [1.807, 2.05) is 0 Å². The van der Waals surface area contributed by atoms with Crippen LogP contribution < -0.4 is 16.4 Å². The topological polar surface area (TPSA) is 126 Å². The van der Waals surface area contributed by atoms with Gasteiger partial charge in [-0.1, -0.05) is 0 Å². The van der Waals surface area contributed by atoms with E-state index in [-0.39, 0.29) is 18.7 Å². The monoisotopic (exact) mass is 403 g/mol. The van der Waals surface area contributed by atoms with Crippen LogP contribution in [0.4, 0.5) is 10.1 Å². The van der Waals surface area contributed by atoms with Crippen LogP contribution >= 0.6 is 0 Å². The average molecular weight is 403 g/mol.